The summed E-state index contributed by atoms with van der Waals surface area (Å²) in [4.78, 5) is 69.9. The minimum absolute atomic E-state index is 0.0250. The summed E-state index contributed by atoms with van der Waals surface area (Å²) < 4.78 is 12.0. The molecule has 4 aromatic rings. The topological polar surface area (TPSA) is 183 Å². The predicted molar refractivity (Wildman–Crippen MR) is 180 cm³/mol. The van der Waals surface area contributed by atoms with Crippen LogP contribution in [0.3, 0.4) is 0 Å². The van der Waals surface area contributed by atoms with E-state index in [1.54, 1.807) is 18.2 Å². The van der Waals surface area contributed by atoms with Crippen molar-refractivity contribution in [3.8, 4) is 17.2 Å². The molecule has 4 N–H and O–H groups in total. The van der Waals surface area contributed by atoms with Crippen LogP contribution in [0.1, 0.15) is 82.0 Å². The van der Waals surface area contributed by atoms with Crippen LogP contribution in [0.25, 0.3) is 0 Å². The van der Waals surface area contributed by atoms with Crippen molar-refractivity contribution in [1.82, 2.24) is 20.2 Å². The van der Waals surface area contributed by atoms with Gasteiger partial charge in [0.15, 0.2) is 5.75 Å². The van der Waals surface area contributed by atoms with Crippen LogP contribution in [0.2, 0.25) is 0 Å². The second-order valence-electron chi connectivity index (χ2n) is 13.1. The summed E-state index contributed by atoms with van der Waals surface area (Å²) >= 11 is 0. The number of nitrogens with zero attached hydrogens (tertiary/aromatic N) is 3. The summed E-state index contributed by atoms with van der Waals surface area (Å²) in [6.45, 7) is 4.29. The second-order valence-corrected chi connectivity index (χ2v) is 13.1. The zero-order valence-electron chi connectivity index (χ0n) is 27.3. The van der Waals surface area contributed by atoms with Crippen LogP contribution in [0.15, 0.2) is 79.1 Å². The van der Waals surface area contributed by atoms with E-state index in [1.807, 2.05) is 36.4 Å². The van der Waals surface area contributed by atoms with Crippen molar-refractivity contribution < 1.29 is 33.4 Å². The van der Waals surface area contributed by atoms with Crippen LogP contribution >= 0.6 is 0 Å². The summed E-state index contributed by atoms with van der Waals surface area (Å²) in [5.41, 5.74) is 8.29. The maximum absolute atomic E-state index is 13.1. The Balaban J connectivity index is 0.912. The van der Waals surface area contributed by atoms with Crippen LogP contribution < -0.4 is 25.8 Å². The molecule has 0 unspecified atom stereocenters. The Bertz CT molecular complexity index is 2010. The zero-order valence-corrected chi connectivity index (χ0v) is 27.3. The molecule has 1 saturated heterocycles. The number of carbonyl (C=O) groups excluding carboxylic acids is 5. The molecule has 50 heavy (non-hydrogen) atoms. The van der Waals surface area contributed by atoms with Gasteiger partial charge in [0.25, 0.3) is 17.7 Å². The predicted octanol–water partition coefficient (Wildman–Crippen LogP) is 4.12. The third kappa shape index (κ3) is 6.25. The number of primary amides is 1. The maximum Gasteiger partial charge on any atom is 0.286 e. The van der Waals surface area contributed by atoms with E-state index >= 15 is 0 Å². The van der Waals surface area contributed by atoms with Gasteiger partial charge >= 0.3 is 0 Å². The number of fused-ring (bicyclic) bond motifs is 1. The summed E-state index contributed by atoms with van der Waals surface area (Å²) in [7, 11) is 0. The van der Waals surface area contributed by atoms with E-state index in [1.165, 1.54) is 12.4 Å². The number of hydrogen-bond acceptors (Lipinski definition) is 10. The minimum atomic E-state index is -0.994. The van der Waals surface area contributed by atoms with Gasteiger partial charge in [0.05, 0.1) is 23.5 Å². The molecule has 0 radical (unpaired) electrons. The first-order chi connectivity index (χ1) is 24.0. The van der Waals surface area contributed by atoms with Crippen molar-refractivity contribution >= 4 is 35.2 Å². The normalized spacial score (nSPS) is 20.1. The lowest BCUT2D eigenvalue weighted by Crippen LogP contribution is -2.54. The molecule has 254 valence electrons. The number of rotatable bonds is 10. The molecule has 1 atom stereocenters. The van der Waals surface area contributed by atoms with Gasteiger partial charge in [-0.3, -0.25) is 34.2 Å². The van der Waals surface area contributed by atoms with E-state index in [0.717, 1.165) is 34.6 Å². The lowest BCUT2D eigenvalue weighted by molar-refractivity contribution is -0.136. The number of anilines is 1. The Kier molecular flexibility index (Phi) is 8.26. The van der Waals surface area contributed by atoms with Crippen LogP contribution in [0.5, 0.6) is 17.2 Å². The van der Waals surface area contributed by atoms with Crippen molar-refractivity contribution in [3.05, 3.63) is 107 Å². The summed E-state index contributed by atoms with van der Waals surface area (Å²) in [5.74, 6) is -1.10. The van der Waals surface area contributed by atoms with Crippen LogP contribution in [-0.2, 0) is 15.0 Å². The van der Waals surface area contributed by atoms with Crippen molar-refractivity contribution in [2.24, 2.45) is 5.73 Å². The highest BCUT2D eigenvalue weighted by Gasteiger charge is 2.44. The Morgan fingerprint density at radius 2 is 1.48 bits per heavy atom. The summed E-state index contributed by atoms with van der Waals surface area (Å²) in [6, 6.07) is 20.0. The standard InChI is InChI=1S/C37H34N6O7/c1-37(2,21-5-10-25(11-6-21)50-27-18-39-33(32(38)45)40-19-27)20-3-8-24(9-4-20)49-26-15-23(16-26)41-22-7-12-28-29(17-22)36(48)43(35(28)47)30-13-14-31(44)42-34(30)46/h3-12,17-19,23,26,30,41H,13-16H2,1-2H3,(H2,38,45)(H,42,44,46)/t23?,26?,30-/m1/s1. The fourth-order valence-corrected chi connectivity index (χ4v) is 6.46. The first kappa shape index (κ1) is 32.4. The Morgan fingerprint density at radius 3 is 2.10 bits per heavy atom. The lowest BCUT2D eigenvalue weighted by atomic mass is 9.78. The van der Waals surface area contributed by atoms with Gasteiger partial charge in [-0.25, -0.2) is 9.97 Å². The van der Waals surface area contributed by atoms with Gasteiger partial charge in [0.2, 0.25) is 17.6 Å². The number of carbonyl (C=O) groups is 5. The lowest BCUT2D eigenvalue weighted by Gasteiger charge is -2.36. The van der Waals surface area contributed by atoms with Gasteiger partial charge in [-0.15, -0.1) is 0 Å². The van der Waals surface area contributed by atoms with Crippen molar-refractivity contribution in [2.75, 3.05) is 5.32 Å². The molecule has 7 rings (SSSR count). The quantitative estimate of drug-likeness (QED) is 0.207. The molecular formula is C37H34N6O7. The van der Waals surface area contributed by atoms with Gasteiger partial charge in [-0.05, 0) is 60.0 Å². The molecule has 1 aliphatic carbocycles. The third-order valence-electron chi connectivity index (χ3n) is 9.44. The smallest absolute Gasteiger partial charge is 0.286 e. The number of piperidine rings is 1. The van der Waals surface area contributed by atoms with Gasteiger partial charge in [0, 0.05) is 36.4 Å². The summed E-state index contributed by atoms with van der Waals surface area (Å²) in [5, 5.41) is 5.63. The first-order valence-electron chi connectivity index (χ1n) is 16.3. The number of amides is 5. The molecule has 3 heterocycles. The highest BCUT2D eigenvalue weighted by molar-refractivity contribution is 6.23. The fourth-order valence-electron chi connectivity index (χ4n) is 6.46. The Morgan fingerprint density at radius 1 is 0.860 bits per heavy atom. The maximum atomic E-state index is 13.1. The van der Waals surface area contributed by atoms with Crippen LogP contribution in [-0.4, -0.2) is 62.6 Å². The molecule has 2 fully saturated rings. The molecule has 0 bridgehead atoms. The first-order valence-corrected chi connectivity index (χ1v) is 16.3. The monoisotopic (exact) mass is 674 g/mol. The molecule has 3 aromatic carbocycles. The van der Waals surface area contributed by atoms with Crippen molar-refractivity contribution in [1.29, 1.82) is 0 Å². The average molecular weight is 675 g/mol. The van der Waals surface area contributed by atoms with Gasteiger partial charge in [-0.2, -0.15) is 0 Å². The SMILES string of the molecule is CC(C)(c1ccc(Oc2cnc(C(N)=O)nc2)cc1)c1ccc(OC2CC(Nc3ccc4c(c3)C(=O)N([C@@H]3CCC(=O)NC3=O)C4=O)C2)cc1. The van der Waals surface area contributed by atoms with Gasteiger partial charge in [0.1, 0.15) is 23.6 Å². The van der Waals surface area contributed by atoms with Gasteiger partial charge < -0.3 is 20.5 Å². The van der Waals surface area contributed by atoms with E-state index in [-0.39, 0.29) is 47.4 Å². The highest BCUT2D eigenvalue weighted by Crippen LogP contribution is 2.36. The second kappa shape index (κ2) is 12.7. The number of hydrogen-bond donors (Lipinski definition) is 3. The van der Waals surface area contributed by atoms with E-state index in [0.29, 0.717) is 17.2 Å². The summed E-state index contributed by atoms with van der Waals surface area (Å²) in [6.07, 6.45) is 4.54. The van der Waals surface area contributed by atoms with E-state index in [2.05, 4.69) is 46.6 Å². The van der Waals surface area contributed by atoms with Crippen molar-refractivity contribution in [2.45, 2.75) is 63.1 Å². The average Bonchev–Trinajstić information content (AvgIpc) is 3.32. The number of ether oxygens (including phenoxy) is 2. The molecule has 13 nitrogen and oxygen atoms in total. The Labute approximate surface area is 287 Å². The third-order valence-corrected chi connectivity index (χ3v) is 9.44. The molecule has 2 aliphatic heterocycles. The minimum Gasteiger partial charge on any atom is -0.490 e. The fraction of sp³-hybridized carbons (Fsp3) is 0.270. The Hall–Kier alpha value is -6.11. The van der Waals surface area contributed by atoms with E-state index < -0.39 is 35.6 Å². The molecule has 13 heteroatoms. The van der Waals surface area contributed by atoms with Crippen molar-refractivity contribution in [3.63, 3.8) is 0 Å². The number of nitrogens with one attached hydrogen (secondary N) is 2. The van der Waals surface area contributed by atoms with Gasteiger partial charge in [-0.1, -0.05) is 38.1 Å². The highest BCUT2D eigenvalue weighted by atomic mass is 16.5. The number of benzene rings is 3. The number of nitrogens with two attached hydrogens (primary N) is 1. The molecule has 1 saturated carbocycles. The van der Waals surface area contributed by atoms with Crippen LogP contribution in [0.4, 0.5) is 5.69 Å². The molecule has 3 aliphatic rings. The van der Waals surface area contributed by atoms with Crippen LogP contribution in [0, 0.1) is 0 Å². The molecule has 0 spiro atoms. The molecular weight excluding hydrogens is 640 g/mol. The largest absolute Gasteiger partial charge is 0.490 e. The number of imide groups is 2. The number of aromatic nitrogens is 2. The van der Waals surface area contributed by atoms with E-state index in [9.17, 15) is 24.0 Å². The molecule has 5 amide bonds. The zero-order chi connectivity index (χ0) is 35.2. The van der Waals surface area contributed by atoms with E-state index in [4.69, 9.17) is 15.2 Å². The molecule has 1 aromatic heterocycles.